The average molecular weight is 128 g/mol. The summed E-state index contributed by atoms with van der Waals surface area (Å²) in [4.78, 5) is 10.0. The molecule has 2 atom stereocenters. The highest BCUT2D eigenvalue weighted by molar-refractivity contribution is 4.82. The topological polar surface area (TPSA) is 55.4 Å². The standard InChI is InChI=1S/C6H12N2O/c7-5-3-1-2-4-6(5)8-9/h5-6H,1-4,7H2/t5-,6-/m0/s1. The van der Waals surface area contributed by atoms with Crippen molar-refractivity contribution < 1.29 is 0 Å². The zero-order valence-corrected chi connectivity index (χ0v) is 5.42. The van der Waals surface area contributed by atoms with E-state index in [1.807, 2.05) is 0 Å². The Morgan fingerprint density at radius 1 is 1.33 bits per heavy atom. The van der Waals surface area contributed by atoms with E-state index >= 15 is 0 Å². The van der Waals surface area contributed by atoms with E-state index < -0.39 is 0 Å². The maximum absolute atomic E-state index is 10.0. The summed E-state index contributed by atoms with van der Waals surface area (Å²) in [5, 5.41) is 2.95. The Balaban J connectivity index is 2.38. The molecule has 0 aromatic heterocycles. The van der Waals surface area contributed by atoms with Crippen molar-refractivity contribution in [1.82, 2.24) is 0 Å². The molecule has 0 spiro atoms. The van der Waals surface area contributed by atoms with Crippen molar-refractivity contribution in [1.29, 1.82) is 0 Å². The van der Waals surface area contributed by atoms with Crippen LogP contribution in [-0.2, 0) is 0 Å². The molecule has 1 fully saturated rings. The second-order valence-corrected chi connectivity index (χ2v) is 2.62. The first kappa shape index (κ1) is 6.68. The van der Waals surface area contributed by atoms with Crippen LogP contribution in [0.5, 0.6) is 0 Å². The van der Waals surface area contributed by atoms with Crippen LogP contribution in [0.4, 0.5) is 0 Å². The highest BCUT2D eigenvalue weighted by Gasteiger charge is 2.21. The predicted octanol–water partition coefficient (Wildman–Crippen LogP) is 1.02. The number of rotatable bonds is 1. The smallest absolute Gasteiger partial charge is 0.107 e. The maximum Gasteiger partial charge on any atom is 0.107 e. The van der Waals surface area contributed by atoms with Crippen molar-refractivity contribution in [2.24, 2.45) is 10.9 Å². The number of nitroso groups, excluding NO2 is 1. The van der Waals surface area contributed by atoms with Gasteiger partial charge in [0.2, 0.25) is 0 Å². The van der Waals surface area contributed by atoms with Crippen LogP contribution in [0.3, 0.4) is 0 Å². The minimum absolute atomic E-state index is 0.0382. The van der Waals surface area contributed by atoms with E-state index in [0.717, 1.165) is 25.7 Å². The average Bonchev–Trinajstić information content (AvgIpc) is 1.89. The molecule has 0 radical (unpaired) electrons. The lowest BCUT2D eigenvalue weighted by atomic mass is 9.92. The lowest BCUT2D eigenvalue weighted by molar-refractivity contribution is 0.384. The first-order valence-electron chi connectivity index (χ1n) is 3.42. The zero-order valence-electron chi connectivity index (χ0n) is 5.42. The van der Waals surface area contributed by atoms with Gasteiger partial charge in [0, 0.05) is 6.04 Å². The van der Waals surface area contributed by atoms with Gasteiger partial charge < -0.3 is 5.73 Å². The van der Waals surface area contributed by atoms with Gasteiger partial charge in [-0.15, -0.1) is 0 Å². The summed E-state index contributed by atoms with van der Waals surface area (Å²) in [6.07, 6.45) is 4.14. The summed E-state index contributed by atoms with van der Waals surface area (Å²) >= 11 is 0. The van der Waals surface area contributed by atoms with Crippen LogP contribution < -0.4 is 5.73 Å². The molecule has 3 nitrogen and oxygen atoms in total. The van der Waals surface area contributed by atoms with Crippen LogP contribution in [0.25, 0.3) is 0 Å². The van der Waals surface area contributed by atoms with Crippen LogP contribution in [0.15, 0.2) is 5.18 Å². The molecule has 3 heteroatoms. The van der Waals surface area contributed by atoms with E-state index in [1.54, 1.807) is 0 Å². The lowest BCUT2D eigenvalue weighted by Crippen LogP contribution is -2.35. The first-order valence-corrected chi connectivity index (χ1v) is 3.42. The summed E-state index contributed by atoms with van der Waals surface area (Å²) in [7, 11) is 0. The molecule has 0 aliphatic heterocycles. The van der Waals surface area contributed by atoms with Gasteiger partial charge in [0.15, 0.2) is 0 Å². The number of nitrogens with zero attached hydrogens (tertiary/aromatic N) is 1. The van der Waals surface area contributed by atoms with Gasteiger partial charge in [0.05, 0.1) is 0 Å². The van der Waals surface area contributed by atoms with Gasteiger partial charge in [0.1, 0.15) is 6.04 Å². The van der Waals surface area contributed by atoms with Gasteiger partial charge in [-0.05, 0) is 12.8 Å². The molecule has 0 bridgehead atoms. The molecule has 52 valence electrons. The van der Waals surface area contributed by atoms with Crippen molar-refractivity contribution in [2.45, 2.75) is 37.8 Å². The van der Waals surface area contributed by atoms with E-state index in [4.69, 9.17) is 5.73 Å². The van der Waals surface area contributed by atoms with Crippen molar-refractivity contribution >= 4 is 0 Å². The Labute approximate surface area is 54.6 Å². The molecule has 2 N–H and O–H groups in total. The van der Waals surface area contributed by atoms with E-state index in [-0.39, 0.29) is 12.1 Å². The van der Waals surface area contributed by atoms with Gasteiger partial charge in [-0.25, -0.2) is 0 Å². The third-order valence-electron chi connectivity index (χ3n) is 1.92. The minimum atomic E-state index is -0.0984. The first-order chi connectivity index (χ1) is 4.34. The molecular formula is C6H12N2O. The fourth-order valence-corrected chi connectivity index (χ4v) is 1.27. The number of hydrogen-bond acceptors (Lipinski definition) is 3. The third kappa shape index (κ3) is 1.48. The Kier molecular flexibility index (Phi) is 2.16. The predicted molar refractivity (Wildman–Crippen MR) is 36.0 cm³/mol. The van der Waals surface area contributed by atoms with Crippen LogP contribution >= 0.6 is 0 Å². The van der Waals surface area contributed by atoms with Gasteiger partial charge in [0.25, 0.3) is 0 Å². The van der Waals surface area contributed by atoms with Crippen molar-refractivity contribution in [3.63, 3.8) is 0 Å². The van der Waals surface area contributed by atoms with Crippen LogP contribution in [0.1, 0.15) is 25.7 Å². The van der Waals surface area contributed by atoms with Gasteiger partial charge in [-0.2, -0.15) is 4.91 Å². The Morgan fingerprint density at radius 2 is 2.00 bits per heavy atom. The molecule has 1 saturated carbocycles. The summed E-state index contributed by atoms with van der Waals surface area (Å²) < 4.78 is 0. The number of nitrogens with two attached hydrogens (primary N) is 1. The number of hydrogen-bond donors (Lipinski definition) is 1. The van der Waals surface area contributed by atoms with Crippen LogP contribution in [-0.4, -0.2) is 12.1 Å². The van der Waals surface area contributed by atoms with Crippen molar-refractivity contribution in [3.05, 3.63) is 4.91 Å². The van der Waals surface area contributed by atoms with Gasteiger partial charge in [-0.3, -0.25) is 0 Å². The van der Waals surface area contributed by atoms with Crippen molar-refractivity contribution in [2.75, 3.05) is 0 Å². The molecule has 0 unspecified atom stereocenters. The lowest BCUT2D eigenvalue weighted by Gasteiger charge is -2.21. The molecule has 9 heavy (non-hydrogen) atoms. The minimum Gasteiger partial charge on any atom is -0.326 e. The molecule has 0 heterocycles. The molecule has 1 rings (SSSR count). The summed E-state index contributed by atoms with van der Waals surface area (Å²) in [5.41, 5.74) is 5.60. The van der Waals surface area contributed by atoms with Gasteiger partial charge >= 0.3 is 0 Å². The molecule has 0 aromatic carbocycles. The highest BCUT2D eigenvalue weighted by Crippen LogP contribution is 2.18. The summed E-state index contributed by atoms with van der Waals surface area (Å²) in [5.74, 6) is 0. The molecular weight excluding hydrogens is 116 g/mol. The van der Waals surface area contributed by atoms with Gasteiger partial charge in [-0.1, -0.05) is 18.0 Å². The van der Waals surface area contributed by atoms with Crippen molar-refractivity contribution in [3.8, 4) is 0 Å². The zero-order chi connectivity index (χ0) is 6.69. The quantitative estimate of drug-likeness (QED) is 0.536. The Morgan fingerprint density at radius 3 is 2.44 bits per heavy atom. The summed E-state index contributed by atoms with van der Waals surface area (Å²) in [6.45, 7) is 0. The molecule has 1 aliphatic carbocycles. The molecule has 1 aliphatic rings. The normalized spacial score (nSPS) is 36.1. The monoisotopic (exact) mass is 128 g/mol. The van der Waals surface area contributed by atoms with E-state index in [9.17, 15) is 4.91 Å². The second kappa shape index (κ2) is 2.92. The SMILES string of the molecule is N[C@H]1CCCC[C@@H]1N=O. The third-order valence-corrected chi connectivity index (χ3v) is 1.92. The largest absolute Gasteiger partial charge is 0.326 e. The van der Waals surface area contributed by atoms with E-state index in [0.29, 0.717) is 0 Å². The fourth-order valence-electron chi connectivity index (χ4n) is 1.27. The summed E-state index contributed by atoms with van der Waals surface area (Å²) in [6, 6.07) is -0.0602. The van der Waals surface area contributed by atoms with Crippen LogP contribution in [0.2, 0.25) is 0 Å². The Bertz CT molecular complexity index is 105. The molecule has 0 amide bonds. The fraction of sp³-hybridized carbons (Fsp3) is 1.00. The van der Waals surface area contributed by atoms with E-state index in [1.165, 1.54) is 0 Å². The highest BCUT2D eigenvalue weighted by atomic mass is 16.3. The molecule has 0 saturated heterocycles. The van der Waals surface area contributed by atoms with E-state index in [2.05, 4.69) is 5.18 Å². The van der Waals surface area contributed by atoms with Crippen LogP contribution in [0, 0.1) is 4.91 Å². The Hall–Kier alpha value is -0.440. The molecule has 0 aromatic rings. The second-order valence-electron chi connectivity index (χ2n) is 2.62. The maximum atomic E-state index is 10.0.